The second kappa shape index (κ2) is 8.20. The number of hydrazone groups is 1. The first-order valence-electron chi connectivity index (χ1n) is 7.46. The number of hydrogen-bond acceptors (Lipinski definition) is 7. The third-order valence-corrected chi connectivity index (χ3v) is 3.96. The van der Waals surface area contributed by atoms with E-state index >= 15 is 0 Å². The molecule has 0 unspecified atom stereocenters. The van der Waals surface area contributed by atoms with Gasteiger partial charge in [-0.05, 0) is 24.6 Å². The van der Waals surface area contributed by atoms with Gasteiger partial charge in [0.1, 0.15) is 0 Å². The Morgan fingerprint density at radius 1 is 1.20 bits per heavy atom. The molecule has 0 aliphatic rings. The average Bonchev–Trinajstić information content (AvgIpc) is 3.11. The Hall–Kier alpha value is -3.00. The van der Waals surface area contributed by atoms with E-state index in [0.29, 0.717) is 11.1 Å². The van der Waals surface area contributed by atoms with Gasteiger partial charge >= 0.3 is 0 Å². The van der Waals surface area contributed by atoms with Crippen molar-refractivity contribution in [2.75, 3.05) is 5.75 Å². The van der Waals surface area contributed by atoms with Crippen LogP contribution in [0.15, 0.2) is 63.5 Å². The highest BCUT2D eigenvalue weighted by atomic mass is 32.2. The van der Waals surface area contributed by atoms with E-state index in [4.69, 9.17) is 4.42 Å². The molecule has 1 aromatic carbocycles. The van der Waals surface area contributed by atoms with Gasteiger partial charge in [0.05, 0.1) is 12.0 Å². The lowest BCUT2D eigenvalue weighted by Gasteiger charge is -1.97. The van der Waals surface area contributed by atoms with Crippen LogP contribution >= 0.6 is 11.8 Å². The van der Waals surface area contributed by atoms with Gasteiger partial charge in [0.25, 0.3) is 11.1 Å². The molecule has 1 amide bonds. The van der Waals surface area contributed by atoms with Crippen molar-refractivity contribution >= 4 is 23.9 Å². The van der Waals surface area contributed by atoms with Crippen molar-refractivity contribution in [2.45, 2.75) is 12.1 Å². The minimum atomic E-state index is -0.253. The summed E-state index contributed by atoms with van der Waals surface area (Å²) < 4.78 is 5.50. The van der Waals surface area contributed by atoms with Crippen LogP contribution in [-0.2, 0) is 4.79 Å². The number of thioether (sulfide) groups is 1. The SMILES string of the molecule is Cc1ccc(/C=N/NC(=O)CSc2nnc(-c3ccncc3)o2)cc1. The zero-order valence-corrected chi connectivity index (χ0v) is 14.2. The van der Waals surface area contributed by atoms with Gasteiger partial charge in [0.2, 0.25) is 5.89 Å². The van der Waals surface area contributed by atoms with Crippen LogP contribution in [0.2, 0.25) is 0 Å². The molecule has 0 aliphatic carbocycles. The number of nitrogens with zero attached hydrogens (tertiary/aromatic N) is 4. The number of carbonyl (C=O) groups excluding carboxylic acids is 1. The quantitative estimate of drug-likeness (QED) is 0.416. The van der Waals surface area contributed by atoms with Gasteiger partial charge in [-0.2, -0.15) is 5.10 Å². The number of rotatable bonds is 6. The van der Waals surface area contributed by atoms with E-state index in [1.165, 1.54) is 5.56 Å². The van der Waals surface area contributed by atoms with Crippen molar-refractivity contribution in [3.05, 3.63) is 59.9 Å². The van der Waals surface area contributed by atoms with E-state index in [2.05, 4.69) is 25.7 Å². The van der Waals surface area contributed by atoms with Gasteiger partial charge in [-0.15, -0.1) is 10.2 Å². The van der Waals surface area contributed by atoms with Gasteiger partial charge in [-0.25, -0.2) is 5.43 Å². The summed E-state index contributed by atoms with van der Waals surface area (Å²) in [6.07, 6.45) is 4.88. The lowest BCUT2D eigenvalue weighted by molar-refractivity contribution is -0.118. The third-order valence-electron chi connectivity index (χ3n) is 3.14. The Morgan fingerprint density at radius 3 is 2.72 bits per heavy atom. The van der Waals surface area contributed by atoms with Crippen molar-refractivity contribution < 1.29 is 9.21 Å². The minimum Gasteiger partial charge on any atom is -0.411 e. The fourth-order valence-corrected chi connectivity index (χ4v) is 2.43. The van der Waals surface area contributed by atoms with E-state index in [1.807, 2.05) is 31.2 Å². The molecule has 3 aromatic rings. The van der Waals surface area contributed by atoms with Gasteiger partial charge in [-0.3, -0.25) is 9.78 Å². The van der Waals surface area contributed by atoms with E-state index < -0.39 is 0 Å². The molecule has 3 rings (SSSR count). The molecule has 126 valence electrons. The Kier molecular flexibility index (Phi) is 5.53. The highest BCUT2D eigenvalue weighted by Crippen LogP contribution is 2.22. The number of pyridine rings is 1. The molecule has 0 bridgehead atoms. The van der Waals surface area contributed by atoms with Crippen molar-refractivity contribution in [3.8, 4) is 11.5 Å². The summed E-state index contributed by atoms with van der Waals surface area (Å²) in [5.74, 6) is 0.267. The van der Waals surface area contributed by atoms with E-state index in [9.17, 15) is 4.79 Å². The summed E-state index contributed by atoms with van der Waals surface area (Å²) in [7, 11) is 0. The number of aromatic nitrogens is 3. The molecule has 7 nitrogen and oxygen atoms in total. The number of nitrogens with one attached hydrogen (secondary N) is 1. The molecule has 2 aromatic heterocycles. The lowest BCUT2D eigenvalue weighted by atomic mass is 10.2. The van der Waals surface area contributed by atoms with E-state index in [0.717, 1.165) is 22.9 Å². The van der Waals surface area contributed by atoms with Crippen LogP contribution in [0.1, 0.15) is 11.1 Å². The minimum absolute atomic E-state index is 0.128. The Morgan fingerprint density at radius 2 is 1.96 bits per heavy atom. The third kappa shape index (κ3) is 4.98. The summed E-state index contributed by atoms with van der Waals surface area (Å²) in [6.45, 7) is 2.01. The van der Waals surface area contributed by atoms with Gasteiger partial charge in [-0.1, -0.05) is 41.6 Å². The molecule has 0 fully saturated rings. The number of benzene rings is 1. The van der Waals surface area contributed by atoms with Crippen molar-refractivity contribution in [1.82, 2.24) is 20.6 Å². The zero-order chi connectivity index (χ0) is 17.5. The summed E-state index contributed by atoms with van der Waals surface area (Å²) >= 11 is 1.15. The van der Waals surface area contributed by atoms with Gasteiger partial charge in [0, 0.05) is 18.0 Å². The standard InChI is InChI=1S/C17H15N5O2S/c1-12-2-4-13(5-3-12)10-19-20-15(23)11-25-17-22-21-16(24-17)14-6-8-18-9-7-14/h2-10H,11H2,1H3,(H,20,23)/b19-10+. The first-order valence-corrected chi connectivity index (χ1v) is 8.44. The average molecular weight is 353 g/mol. The molecule has 25 heavy (non-hydrogen) atoms. The lowest BCUT2D eigenvalue weighted by Crippen LogP contribution is -2.19. The fraction of sp³-hybridized carbons (Fsp3) is 0.118. The van der Waals surface area contributed by atoms with Gasteiger partial charge < -0.3 is 4.42 Å². The smallest absolute Gasteiger partial charge is 0.277 e. The maximum absolute atomic E-state index is 11.8. The van der Waals surface area contributed by atoms with Gasteiger partial charge in [0.15, 0.2) is 0 Å². The summed E-state index contributed by atoms with van der Waals surface area (Å²) in [6, 6.07) is 11.4. The zero-order valence-electron chi connectivity index (χ0n) is 13.4. The molecular weight excluding hydrogens is 338 g/mol. The highest BCUT2D eigenvalue weighted by molar-refractivity contribution is 7.99. The van der Waals surface area contributed by atoms with Crippen LogP contribution in [0, 0.1) is 6.92 Å². The molecule has 0 atom stereocenters. The first-order chi connectivity index (χ1) is 12.2. The van der Waals surface area contributed by atoms with E-state index in [-0.39, 0.29) is 11.7 Å². The molecule has 1 N–H and O–H groups in total. The normalized spacial score (nSPS) is 10.9. The second-order valence-corrected chi connectivity index (χ2v) is 6.03. The van der Waals surface area contributed by atoms with E-state index in [1.54, 1.807) is 30.7 Å². The van der Waals surface area contributed by atoms with Crippen LogP contribution in [0.5, 0.6) is 0 Å². The summed E-state index contributed by atoms with van der Waals surface area (Å²) in [5.41, 5.74) is 5.33. The van der Waals surface area contributed by atoms with Crippen LogP contribution in [0.25, 0.3) is 11.5 Å². The predicted octanol–water partition coefficient (Wildman–Crippen LogP) is 2.68. The van der Waals surface area contributed by atoms with Crippen molar-refractivity contribution in [1.29, 1.82) is 0 Å². The number of amides is 1. The largest absolute Gasteiger partial charge is 0.411 e. The Balaban J connectivity index is 1.48. The Bertz CT molecular complexity index is 862. The Labute approximate surface area is 148 Å². The van der Waals surface area contributed by atoms with Crippen LogP contribution in [-0.4, -0.2) is 33.1 Å². The number of aryl methyl sites for hydroxylation is 1. The molecule has 0 saturated carbocycles. The molecule has 8 heteroatoms. The second-order valence-electron chi connectivity index (χ2n) is 5.10. The molecule has 0 aliphatic heterocycles. The molecule has 0 spiro atoms. The van der Waals surface area contributed by atoms with Crippen LogP contribution < -0.4 is 5.43 Å². The first kappa shape index (κ1) is 16.8. The predicted molar refractivity (Wildman–Crippen MR) is 95.2 cm³/mol. The number of hydrogen-bond donors (Lipinski definition) is 1. The molecular formula is C17H15N5O2S. The maximum atomic E-state index is 11.8. The monoisotopic (exact) mass is 353 g/mol. The van der Waals surface area contributed by atoms with Crippen LogP contribution in [0.3, 0.4) is 0 Å². The molecule has 2 heterocycles. The summed E-state index contributed by atoms with van der Waals surface area (Å²) in [5, 5.41) is 12.1. The van der Waals surface area contributed by atoms with Crippen molar-refractivity contribution in [3.63, 3.8) is 0 Å². The summed E-state index contributed by atoms with van der Waals surface area (Å²) in [4.78, 5) is 15.7. The fourth-order valence-electron chi connectivity index (χ4n) is 1.87. The van der Waals surface area contributed by atoms with Crippen LogP contribution in [0.4, 0.5) is 0 Å². The molecule has 0 radical (unpaired) electrons. The molecule has 0 saturated heterocycles. The van der Waals surface area contributed by atoms with Crippen molar-refractivity contribution in [2.24, 2.45) is 5.10 Å². The maximum Gasteiger partial charge on any atom is 0.277 e. The highest BCUT2D eigenvalue weighted by Gasteiger charge is 2.10. The topological polar surface area (TPSA) is 93.3 Å². The number of carbonyl (C=O) groups is 1.